The van der Waals surface area contributed by atoms with E-state index in [1.165, 1.54) is 23.1 Å². The first kappa shape index (κ1) is 14.1. The molecule has 2 heterocycles. The Labute approximate surface area is 120 Å². The molecule has 0 amide bonds. The first-order chi connectivity index (χ1) is 8.83. The Balaban J connectivity index is 2.21. The molecule has 2 rings (SSSR count). The quantitative estimate of drug-likeness (QED) is 0.938. The summed E-state index contributed by atoms with van der Waals surface area (Å²) in [5.74, 6) is 0.457. The predicted octanol–water partition coefficient (Wildman–Crippen LogP) is 3.15. The zero-order valence-corrected chi connectivity index (χ0v) is 12.9. The molecule has 102 valence electrons. The van der Waals surface area contributed by atoms with Crippen molar-refractivity contribution in [3.05, 3.63) is 17.1 Å². The molecule has 0 saturated carbocycles. The molecule has 0 atom stereocenters. The summed E-state index contributed by atoms with van der Waals surface area (Å²) in [7, 11) is 0. The highest BCUT2D eigenvalue weighted by Gasteiger charge is 2.16. The molecular formula is C12H16N4OS2. The van der Waals surface area contributed by atoms with Crippen molar-refractivity contribution in [2.45, 2.75) is 42.7 Å². The Morgan fingerprint density at radius 1 is 1.26 bits per heavy atom. The third kappa shape index (κ3) is 4.07. The molecule has 5 nitrogen and oxygen atoms in total. The smallest absolute Gasteiger partial charge is 0.238 e. The minimum absolute atomic E-state index is 0.330. The third-order valence-corrected chi connectivity index (χ3v) is 3.79. The molecule has 0 aliphatic heterocycles. The molecule has 0 spiro atoms. The van der Waals surface area contributed by atoms with E-state index in [4.69, 9.17) is 10.5 Å². The highest BCUT2D eigenvalue weighted by molar-refractivity contribution is 8.01. The third-order valence-electron chi connectivity index (χ3n) is 1.97. The second-order valence-electron chi connectivity index (χ2n) is 4.95. The topological polar surface area (TPSA) is 73.9 Å². The number of nitrogens with two attached hydrogens (primary N) is 1. The fourth-order valence-corrected chi connectivity index (χ4v) is 3.00. The molecule has 0 aromatic carbocycles. The molecule has 0 aliphatic rings. The van der Waals surface area contributed by atoms with Gasteiger partial charge in [-0.15, -0.1) is 10.2 Å². The lowest BCUT2D eigenvalue weighted by Crippen LogP contribution is -2.24. The normalized spacial score (nSPS) is 11.6. The number of hydrogen-bond acceptors (Lipinski definition) is 7. The van der Waals surface area contributed by atoms with Crippen molar-refractivity contribution in [3.63, 3.8) is 0 Å². The van der Waals surface area contributed by atoms with Crippen molar-refractivity contribution in [1.82, 2.24) is 15.2 Å². The van der Waals surface area contributed by atoms with Gasteiger partial charge < -0.3 is 10.5 Å². The minimum Gasteiger partial charge on any atom is -0.470 e. The van der Waals surface area contributed by atoms with Gasteiger partial charge in [-0.05, 0) is 51.6 Å². The van der Waals surface area contributed by atoms with Gasteiger partial charge in [0.05, 0.1) is 5.69 Å². The van der Waals surface area contributed by atoms with Crippen molar-refractivity contribution in [2.75, 3.05) is 5.73 Å². The Hall–Kier alpha value is -1.34. The van der Waals surface area contributed by atoms with E-state index >= 15 is 0 Å². The van der Waals surface area contributed by atoms with Crippen LogP contribution in [-0.2, 0) is 0 Å². The summed E-state index contributed by atoms with van der Waals surface area (Å²) >= 11 is 2.99. The molecular weight excluding hydrogens is 280 g/mol. The Bertz CT molecular complexity index is 577. The van der Waals surface area contributed by atoms with E-state index in [0.29, 0.717) is 11.6 Å². The Morgan fingerprint density at radius 3 is 2.58 bits per heavy atom. The highest BCUT2D eigenvalue weighted by Crippen LogP contribution is 2.32. The number of hydrogen-bond donors (Lipinski definition) is 1. The molecule has 0 bridgehead atoms. The fraction of sp³-hybridized carbons (Fsp3) is 0.417. The molecule has 2 N–H and O–H groups in total. The highest BCUT2D eigenvalue weighted by atomic mass is 32.2. The monoisotopic (exact) mass is 296 g/mol. The van der Waals surface area contributed by atoms with Gasteiger partial charge in [-0.3, -0.25) is 0 Å². The van der Waals surface area contributed by atoms with E-state index in [2.05, 4.69) is 15.2 Å². The lowest BCUT2D eigenvalue weighted by molar-refractivity contribution is 0.124. The maximum Gasteiger partial charge on any atom is 0.238 e. The van der Waals surface area contributed by atoms with Crippen LogP contribution in [0.25, 0.3) is 0 Å². The van der Waals surface area contributed by atoms with Gasteiger partial charge >= 0.3 is 0 Å². The zero-order chi connectivity index (χ0) is 14.0. The second-order valence-corrected chi connectivity index (χ2v) is 7.40. The Kier molecular flexibility index (Phi) is 3.96. The first-order valence-corrected chi connectivity index (χ1v) is 7.40. The van der Waals surface area contributed by atoms with E-state index in [1.807, 2.05) is 33.8 Å². The van der Waals surface area contributed by atoms with Crippen LogP contribution >= 0.6 is 23.1 Å². The fourth-order valence-electron chi connectivity index (χ4n) is 1.27. The van der Waals surface area contributed by atoms with Crippen molar-refractivity contribution < 1.29 is 4.74 Å². The van der Waals surface area contributed by atoms with Crippen molar-refractivity contribution in [1.29, 1.82) is 0 Å². The van der Waals surface area contributed by atoms with Gasteiger partial charge in [-0.2, -0.15) is 0 Å². The van der Waals surface area contributed by atoms with Gasteiger partial charge in [0.15, 0.2) is 4.34 Å². The van der Waals surface area contributed by atoms with Gasteiger partial charge in [-0.1, -0.05) is 11.3 Å². The van der Waals surface area contributed by atoms with Gasteiger partial charge in [0.2, 0.25) is 5.88 Å². The summed E-state index contributed by atoms with van der Waals surface area (Å²) in [6.45, 7) is 7.80. The van der Waals surface area contributed by atoms with Crippen LogP contribution in [0.1, 0.15) is 25.8 Å². The molecule has 0 radical (unpaired) electrons. The first-order valence-electron chi connectivity index (χ1n) is 5.77. The number of ether oxygens (including phenoxy) is 1. The van der Waals surface area contributed by atoms with Crippen LogP contribution in [0.4, 0.5) is 5.69 Å². The van der Waals surface area contributed by atoms with Crippen LogP contribution in [0.2, 0.25) is 0 Å². The maximum absolute atomic E-state index is 5.87. The average Bonchev–Trinajstić information content (AvgIpc) is 2.67. The number of nitrogen functional groups attached to an aromatic ring is 1. The molecule has 7 heteroatoms. The summed E-state index contributed by atoms with van der Waals surface area (Å²) in [4.78, 5) is 4.42. The number of anilines is 1. The minimum atomic E-state index is -0.330. The molecule has 19 heavy (non-hydrogen) atoms. The number of nitrogens with zero attached hydrogens (tertiary/aromatic N) is 3. The molecule has 0 saturated heterocycles. The number of aryl methyl sites for hydroxylation is 1. The van der Waals surface area contributed by atoms with Crippen LogP contribution in [0, 0.1) is 6.92 Å². The molecule has 0 aliphatic carbocycles. The van der Waals surface area contributed by atoms with Gasteiger partial charge in [0.1, 0.15) is 15.6 Å². The van der Waals surface area contributed by atoms with E-state index in [1.54, 1.807) is 6.07 Å². The predicted molar refractivity (Wildman–Crippen MR) is 77.8 cm³/mol. The molecule has 2 aromatic rings. The summed E-state index contributed by atoms with van der Waals surface area (Å²) in [5, 5.41) is 9.76. The number of pyridine rings is 1. The van der Waals surface area contributed by atoms with Crippen molar-refractivity contribution in [2.24, 2.45) is 0 Å². The average molecular weight is 296 g/mol. The summed E-state index contributed by atoms with van der Waals surface area (Å²) < 4.78 is 6.59. The Morgan fingerprint density at radius 2 is 2.00 bits per heavy atom. The van der Waals surface area contributed by atoms with Crippen LogP contribution < -0.4 is 10.5 Å². The summed E-state index contributed by atoms with van der Waals surface area (Å²) in [5.41, 5.74) is 6.08. The largest absolute Gasteiger partial charge is 0.470 e. The molecule has 0 fully saturated rings. The van der Waals surface area contributed by atoms with Gasteiger partial charge in [-0.25, -0.2) is 4.98 Å². The SMILES string of the molecule is Cc1nnc(Sc2ccc(N)c(OC(C)(C)C)n2)s1. The van der Waals surface area contributed by atoms with Gasteiger partial charge in [0, 0.05) is 0 Å². The lowest BCUT2D eigenvalue weighted by Gasteiger charge is -2.21. The summed E-state index contributed by atoms with van der Waals surface area (Å²) in [6, 6.07) is 3.65. The lowest BCUT2D eigenvalue weighted by atomic mass is 10.2. The van der Waals surface area contributed by atoms with E-state index in [0.717, 1.165) is 14.4 Å². The van der Waals surface area contributed by atoms with Gasteiger partial charge in [0.25, 0.3) is 0 Å². The molecule has 0 unspecified atom stereocenters. The zero-order valence-electron chi connectivity index (χ0n) is 11.3. The second kappa shape index (κ2) is 5.34. The number of aromatic nitrogens is 3. The van der Waals surface area contributed by atoms with Crippen LogP contribution in [-0.4, -0.2) is 20.8 Å². The van der Waals surface area contributed by atoms with E-state index < -0.39 is 0 Å². The van der Waals surface area contributed by atoms with E-state index in [-0.39, 0.29) is 5.60 Å². The van der Waals surface area contributed by atoms with Crippen LogP contribution in [0.5, 0.6) is 5.88 Å². The summed E-state index contributed by atoms with van der Waals surface area (Å²) in [6.07, 6.45) is 0. The van der Waals surface area contributed by atoms with E-state index in [9.17, 15) is 0 Å². The standard InChI is InChI=1S/C12H16N4OS2/c1-7-15-16-11(18-7)19-9-6-5-8(13)10(14-9)17-12(2,3)4/h5-6H,13H2,1-4H3. The maximum atomic E-state index is 5.87. The van der Waals surface area contributed by atoms with Crippen LogP contribution in [0.15, 0.2) is 21.5 Å². The van der Waals surface area contributed by atoms with Crippen LogP contribution in [0.3, 0.4) is 0 Å². The van der Waals surface area contributed by atoms with Crippen molar-refractivity contribution in [3.8, 4) is 5.88 Å². The van der Waals surface area contributed by atoms with Crippen molar-refractivity contribution >= 4 is 28.8 Å². The number of rotatable bonds is 3. The molecule has 2 aromatic heterocycles.